The predicted molar refractivity (Wildman–Crippen MR) is 101 cm³/mol. The summed E-state index contributed by atoms with van der Waals surface area (Å²) in [6, 6.07) is 14.5. The number of anilines is 2. The molecule has 1 aliphatic heterocycles. The standard InChI is InChI=1S/C20H23N3O3/c1-23-18(24)11-9-15(19(23)13-6-4-3-5-7-13)20(25)22-14-8-10-17(26-2)16(21)12-14/h3-8,10,12,15,19H,9,11,21H2,1-2H3,(H,22,25). The Labute approximate surface area is 152 Å². The molecule has 0 radical (unpaired) electrons. The van der Waals surface area contributed by atoms with Crippen LogP contribution in [0.5, 0.6) is 5.75 Å². The van der Waals surface area contributed by atoms with E-state index in [2.05, 4.69) is 5.32 Å². The van der Waals surface area contributed by atoms with Gasteiger partial charge in [0.1, 0.15) is 5.75 Å². The Morgan fingerprint density at radius 2 is 1.96 bits per heavy atom. The highest BCUT2D eigenvalue weighted by Gasteiger charge is 2.38. The van der Waals surface area contributed by atoms with Crippen LogP contribution >= 0.6 is 0 Å². The second kappa shape index (κ2) is 7.47. The molecule has 3 N–H and O–H groups in total. The molecule has 1 heterocycles. The lowest BCUT2D eigenvalue weighted by Gasteiger charge is -2.38. The Morgan fingerprint density at radius 1 is 1.23 bits per heavy atom. The number of likely N-dealkylation sites (tertiary alicyclic amines) is 1. The van der Waals surface area contributed by atoms with Crippen molar-refractivity contribution in [1.82, 2.24) is 4.90 Å². The van der Waals surface area contributed by atoms with Gasteiger partial charge in [-0.15, -0.1) is 0 Å². The molecule has 0 aliphatic carbocycles. The van der Waals surface area contributed by atoms with Crippen molar-refractivity contribution in [3.05, 3.63) is 54.1 Å². The molecule has 2 amide bonds. The van der Waals surface area contributed by atoms with Gasteiger partial charge in [-0.05, 0) is 30.2 Å². The number of amides is 2. The highest BCUT2D eigenvalue weighted by atomic mass is 16.5. The summed E-state index contributed by atoms with van der Waals surface area (Å²) in [5.74, 6) is 0.163. The molecule has 2 aromatic carbocycles. The third kappa shape index (κ3) is 3.49. The van der Waals surface area contributed by atoms with Crippen LogP contribution < -0.4 is 15.8 Å². The summed E-state index contributed by atoms with van der Waals surface area (Å²) in [5, 5.41) is 2.93. The van der Waals surface area contributed by atoms with E-state index in [4.69, 9.17) is 10.5 Å². The van der Waals surface area contributed by atoms with Crippen molar-refractivity contribution in [2.24, 2.45) is 5.92 Å². The number of hydrogen-bond donors (Lipinski definition) is 2. The van der Waals surface area contributed by atoms with Crippen molar-refractivity contribution < 1.29 is 14.3 Å². The predicted octanol–water partition coefficient (Wildman–Crippen LogP) is 2.83. The zero-order valence-electron chi connectivity index (χ0n) is 14.9. The van der Waals surface area contributed by atoms with E-state index in [9.17, 15) is 9.59 Å². The van der Waals surface area contributed by atoms with Crippen LogP contribution in [0, 0.1) is 5.92 Å². The van der Waals surface area contributed by atoms with Gasteiger partial charge in [0.05, 0.1) is 24.8 Å². The number of piperidine rings is 1. The minimum Gasteiger partial charge on any atom is -0.495 e. The second-order valence-electron chi connectivity index (χ2n) is 6.45. The Kier molecular flexibility index (Phi) is 5.11. The minimum atomic E-state index is -0.330. The van der Waals surface area contributed by atoms with Gasteiger partial charge in [-0.25, -0.2) is 0 Å². The normalized spacial score (nSPS) is 19.9. The first-order valence-corrected chi connectivity index (χ1v) is 8.56. The summed E-state index contributed by atoms with van der Waals surface area (Å²) < 4.78 is 5.14. The van der Waals surface area contributed by atoms with Crippen LogP contribution in [-0.2, 0) is 9.59 Å². The monoisotopic (exact) mass is 353 g/mol. The summed E-state index contributed by atoms with van der Waals surface area (Å²) >= 11 is 0. The molecule has 2 aromatic rings. The van der Waals surface area contributed by atoms with Gasteiger partial charge >= 0.3 is 0 Å². The zero-order valence-corrected chi connectivity index (χ0v) is 14.9. The molecule has 1 aliphatic rings. The topological polar surface area (TPSA) is 84.7 Å². The average molecular weight is 353 g/mol. The Bertz CT molecular complexity index is 807. The van der Waals surface area contributed by atoms with Crippen molar-refractivity contribution in [3.63, 3.8) is 0 Å². The fourth-order valence-electron chi connectivity index (χ4n) is 3.47. The molecule has 0 bridgehead atoms. The van der Waals surface area contributed by atoms with Gasteiger partial charge in [0.25, 0.3) is 0 Å². The minimum absolute atomic E-state index is 0.0524. The van der Waals surface area contributed by atoms with Crippen molar-refractivity contribution in [3.8, 4) is 5.75 Å². The number of nitrogens with two attached hydrogens (primary N) is 1. The molecule has 2 unspecified atom stereocenters. The van der Waals surface area contributed by atoms with Gasteiger partial charge in [0.15, 0.2) is 0 Å². The summed E-state index contributed by atoms with van der Waals surface area (Å²) in [4.78, 5) is 26.8. The number of rotatable bonds is 4. The third-order valence-corrected chi connectivity index (χ3v) is 4.84. The molecular formula is C20H23N3O3. The van der Waals surface area contributed by atoms with Gasteiger partial charge in [0.2, 0.25) is 11.8 Å². The lowest BCUT2D eigenvalue weighted by atomic mass is 9.84. The number of carbonyl (C=O) groups excluding carboxylic acids is 2. The van der Waals surface area contributed by atoms with Crippen LogP contribution in [0.3, 0.4) is 0 Å². The summed E-state index contributed by atoms with van der Waals surface area (Å²) in [6.07, 6.45) is 0.878. The molecule has 136 valence electrons. The number of ether oxygens (including phenoxy) is 1. The van der Waals surface area contributed by atoms with E-state index < -0.39 is 0 Å². The van der Waals surface area contributed by atoms with Gasteiger partial charge in [-0.1, -0.05) is 30.3 Å². The molecule has 0 aromatic heterocycles. The smallest absolute Gasteiger partial charge is 0.229 e. The Balaban J connectivity index is 1.84. The van der Waals surface area contributed by atoms with Crippen LogP contribution in [0.25, 0.3) is 0 Å². The van der Waals surface area contributed by atoms with Crippen LogP contribution in [-0.4, -0.2) is 30.9 Å². The van der Waals surface area contributed by atoms with E-state index >= 15 is 0 Å². The Morgan fingerprint density at radius 3 is 2.62 bits per heavy atom. The lowest BCUT2D eigenvalue weighted by molar-refractivity contribution is -0.140. The number of nitrogens with one attached hydrogen (secondary N) is 1. The number of carbonyl (C=O) groups is 2. The maximum absolute atomic E-state index is 12.9. The fourth-order valence-corrected chi connectivity index (χ4v) is 3.47. The first-order chi connectivity index (χ1) is 12.5. The van der Waals surface area contributed by atoms with E-state index in [1.165, 1.54) is 0 Å². The maximum atomic E-state index is 12.9. The molecule has 26 heavy (non-hydrogen) atoms. The van der Waals surface area contributed by atoms with Crippen molar-refractivity contribution in [2.45, 2.75) is 18.9 Å². The molecule has 1 fully saturated rings. The highest BCUT2D eigenvalue weighted by Crippen LogP contribution is 2.36. The average Bonchev–Trinajstić information content (AvgIpc) is 2.64. The van der Waals surface area contributed by atoms with E-state index in [1.54, 1.807) is 37.3 Å². The summed E-state index contributed by atoms with van der Waals surface area (Å²) in [6.45, 7) is 0. The van der Waals surface area contributed by atoms with Gasteiger partial charge < -0.3 is 20.7 Å². The fraction of sp³-hybridized carbons (Fsp3) is 0.300. The molecule has 1 saturated heterocycles. The van der Waals surface area contributed by atoms with E-state index in [1.807, 2.05) is 30.3 Å². The second-order valence-corrected chi connectivity index (χ2v) is 6.45. The SMILES string of the molecule is COc1ccc(NC(=O)C2CCC(=O)N(C)C2c2ccccc2)cc1N. The quantitative estimate of drug-likeness (QED) is 0.828. The molecule has 6 nitrogen and oxygen atoms in total. The summed E-state index contributed by atoms with van der Waals surface area (Å²) in [7, 11) is 3.30. The Hall–Kier alpha value is -3.02. The number of methoxy groups -OCH3 is 1. The van der Waals surface area contributed by atoms with Crippen LogP contribution in [0.4, 0.5) is 11.4 Å². The molecule has 6 heteroatoms. The molecular weight excluding hydrogens is 330 g/mol. The van der Waals surface area contributed by atoms with Crippen LogP contribution in [0.1, 0.15) is 24.4 Å². The van der Waals surface area contributed by atoms with Gasteiger partial charge in [0, 0.05) is 19.2 Å². The van der Waals surface area contributed by atoms with E-state index in [0.29, 0.717) is 30.0 Å². The highest BCUT2D eigenvalue weighted by molar-refractivity contribution is 5.95. The van der Waals surface area contributed by atoms with E-state index in [0.717, 1.165) is 5.56 Å². The molecule has 0 spiro atoms. The number of benzene rings is 2. The molecule has 0 saturated carbocycles. The number of hydrogen-bond acceptors (Lipinski definition) is 4. The van der Waals surface area contributed by atoms with E-state index in [-0.39, 0.29) is 23.8 Å². The van der Waals surface area contributed by atoms with Gasteiger partial charge in [-0.3, -0.25) is 9.59 Å². The largest absolute Gasteiger partial charge is 0.495 e. The molecule has 3 rings (SSSR count). The maximum Gasteiger partial charge on any atom is 0.229 e. The van der Waals surface area contributed by atoms with Crippen LogP contribution in [0.15, 0.2) is 48.5 Å². The van der Waals surface area contributed by atoms with Crippen molar-refractivity contribution in [2.75, 3.05) is 25.2 Å². The van der Waals surface area contributed by atoms with Crippen LogP contribution in [0.2, 0.25) is 0 Å². The number of nitrogen functional groups attached to an aromatic ring is 1. The number of nitrogens with zero attached hydrogens (tertiary/aromatic N) is 1. The first kappa shape index (κ1) is 17.8. The first-order valence-electron chi connectivity index (χ1n) is 8.56. The summed E-state index contributed by atoms with van der Waals surface area (Å²) in [5.41, 5.74) is 7.94. The molecule has 2 atom stereocenters. The zero-order chi connectivity index (χ0) is 18.7. The third-order valence-electron chi connectivity index (χ3n) is 4.84. The lowest BCUT2D eigenvalue weighted by Crippen LogP contribution is -2.44. The van der Waals surface area contributed by atoms with Crippen molar-refractivity contribution >= 4 is 23.2 Å². The van der Waals surface area contributed by atoms with Gasteiger partial charge in [-0.2, -0.15) is 0 Å². The van der Waals surface area contributed by atoms with Crippen molar-refractivity contribution in [1.29, 1.82) is 0 Å².